The van der Waals surface area contributed by atoms with Gasteiger partial charge in [-0.1, -0.05) is 12.5 Å². The minimum Gasteiger partial charge on any atom is -0.493 e. The Kier molecular flexibility index (Phi) is 6.49. The Morgan fingerprint density at radius 3 is 2.30 bits per heavy atom. The van der Waals surface area contributed by atoms with E-state index in [1.54, 1.807) is 33.5 Å². The molecule has 0 radical (unpaired) electrons. The topological polar surface area (TPSA) is 60.0 Å². The van der Waals surface area contributed by atoms with Crippen molar-refractivity contribution in [2.75, 3.05) is 21.3 Å². The maximum atomic E-state index is 13.0. The second kappa shape index (κ2) is 9.27. The smallest absolute Gasteiger partial charge is 0.251 e. The van der Waals surface area contributed by atoms with E-state index in [-0.39, 0.29) is 11.9 Å². The fourth-order valence-corrected chi connectivity index (χ4v) is 5.63. The maximum Gasteiger partial charge on any atom is 0.251 e. The van der Waals surface area contributed by atoms with Crippen molar-refractivity contribution in [1.82, 2.24) is 10.2 Å². The van der Waals surface area contributed by atoms with Gasteiger partial charge in [-0.2, -0.15) is 0 Å². The van der Waals surface area contributed by atoms with Crippen LogP contribution >= 0.6 is 11.3 Å². The number of carbonyl (C=O) groups is 1. The highest BCUT2D eigenvalue weighted by Crippen LogP contribution is 2.39. The summed E-state index contributed by atoms with van der Waals surface area (Å²) in [5.41, 5.74) is 0.524. The molecule has 2 unspecified atom stereocenters. The van der Waals surface area contributed by atoms with Gasteiger partial charge in [0.2, 0.25) is 5.75 Å². The van der Waals surface area contributed by atoms with Crippen LogP contribution in [-0.4, -0.2) is 50.3 Å². The van der Waals surface area contributed by atoms with E-state index < -0.39 is 0 Å². The Labute approximate surface area is 182 Å². The lowest BCUT2D eigenvalue weighted by Crippen LogP contribution is -2.56. The van der Waals surface area contributed by atoms with Crippen LogP contribution in [0.4, 0.5) is 0 Å². The molecular weight excluding hydrogens is 400 g/mol. The number of thiophene rings is 1. The summed E-state index contributed by atoms with van der Waals surface area (Å²) in [5, 5.41) is 5.42. The predicted octanol–water partition coefficient (Wildman–Crippen LogP) is 4.09. The molecule has 1 amide bonds. The zero-order valence-corrected chi connectivity index (χ0v) is 18.7. The molecule has 2 fully saturated rings. The van der Waals surface area contributed by atoms with Crippen molar-refractivity contribution < 1.29 is 19.0 Å². The normalized spacial score (nSPS) is 23.6. The molecule has 2 saturated heterocycles. The molecule has 2 bridgehead atoms. The van der Waals surface area contributed by atoms with E-state index in [4.69, 9.17) is 14.2 Å². The molecule has 1 aromatic carbocycles. The molecule has 6 nitrogen and oxygen atoms in total. The minimum atomic E-state index is -0.0935. The van der Waals surface area contributed by atoms with Crippen LogP contribution in [0.25, 0.3) is 0 Å². The predicted molar refractivity (Wildman–Crippen MR) is 118 cm³/mol. The van der Waals surface area contributed by atoms with Crippen LogP contribution in [0, 0.1) is 0 Å². The van der Waals surface area contributed by atoms with Crippen molar-refractivity contribution in [2.45, 2.75) is 56.8 Å². The van der Waals surface area contributed by atoms with E-state index in [9.17, 15) is 4.79 Å². The maximum absolute atomic E-state index is 13.0. The first-order chi connectivity index (χ1) is 14.6. The number of piperidine rings is 2. The molecule has 0 saturated carbocycles. The molecular formula is C23H30N2O4S. The molecule has 3 heterocycles. The van der Waals surface area contributed by atoms with Gasteiger partial charge in [-0.15, -0.1) is 11.3 Å². The summed E-state index contributed by atoms with van der Waals surface area (Å²) >= 11 is 1.83. The average molecular weight is 431 g/mol. The van der Waals surface area contributed by atoms with E-state index >= 15 is 0 Å². The van der Waals surface area contributed by atoms with Gasteiger partial charge in [-0.05, 0) is 49.3 Å². The summed E-state index contributed by atoms with van der Waals surface area (Å²) in [6.45, 7) is 1.03. The van der Waals surface area contributed by atoms with Gasteiger partial charge in [0.1, 0.15) is 0 Å². The number of amides is 1. The average Bonchev–Trinajstić information content (AvgIpc) is 3.26. The molecule has 2 atom stereocenters. The number of fused-ring (bicyclic) bond motifs is 2. The van der Waals surface area contributed by atoms with Crippen molar-refractivity contribution in [3.63, 3.8) is 0 Å². The van der Waals surface area contributed by atoms with Crippen molar-refractivity contribution in [1.29, 1.82) is 0 Å². The minimum absolute atomic E-state index is 0.0935. The monoisotopic (exact) mass is 430 g/mol. The highest BCUT2D eigenvalue weighted by Gasteiger charge is 2.38. The zero-order valence-electron chi connectivity index (χ0n) is 17.8. The second-order valence-electron chi connectivity index (χ2n) is 8.05. The summed E-state index contributed by atoms with van der Waals surface area (Å²) in [6, 6.07) is 9.02. The van der Waals surface area contributed by atoms with Crippen molar-refractivity contribution >= 4 is 17.2 Å². The van der Waals surface area contributed by atoms with Gasteiger partial charge in [-0.25, -0.2) is 0 Å². The Balaban J connectivity index is 1.46. The van der Waals surface area contributed by atoms with E-state index in [1.807, 2.05) is 11.3 Å². The number of nitrogens with one attached hydrogen (secondary N) is 1. The van der Waals surface area contributed by atoms with Crippen LogP contribution in [0.15, 0.2) is 29.6 Å². The molecule has 30 heavy (non-hydrogen) atoms. The van der Waals surface area contributed by atoms with Crippen molar-refractivity contribution in [3.8, 4) is 17.2 Å². The first-order valence-electron chi connectivity index (χ1n) is 10.5. The molecule has 2 aliphatic rings. The largest absolute Gasteiger partial charge is 0.493 e. The molecule has 162 valence electrons. The lowest BCUT2D eigenvalue weighted by Gasteiger charge is -2.49. The molecule has 4 rings (SSSR count). The van der Waals surface area contributed by atoms with E-state index in [0.29, 0.717) is 34.9 Å². The van der Waals surface area contributed by atoms with Gasteiger partial charge in [0, 0.05) is 35.1 Å². The number of methoxy groups -OCH3 is 3. The van der Waals surface area contributed by atoms with Gasteiger partial charge >= 0.3 is 0 Å². The highest BCUT2D eigenvalue weighted by atomic mass is 32.1. The Morgan fingerprint density at radius 2 is 1.77 bits per heavy atom. The molecule has 0 aliphatic carbocycles. The third-order valence-electron chi connectivity index (χ3n) is 6.31. The lowest BCUT2D eigenvalue weighted by molar-refractivity contribution is 0.0184. The SMILES string of the molecule is COc1cc(C(=O)NC2CC3CCCC(C2)N3Cc2cccs2)cc(OC)c1OC. The number of hydrogen-bond donors (Lipinski definition) is 1. The van der Waals surface area contributed by atoms with E-state index in [1.165, 1.54) is 24.1 Å². The Bertz CT molecular complexity index is 831. The second-order valence-corrected chi connectivity index (χ2v) is 9.08. The van der Waals surface area contributed by atoms with E-state index in [0.717, 1.165) is 19.4 Å². The van der Waals surface area contributed by atoms with E-state index in [2.05, 4.69) is 27.7 Å². The van der Waals surface area contributed by atoms with Gasteiger partial charge in [0.25, 0.3) is 5.91 Å². The van der Waals surface area contributed by atoms with Crippen molar-refractivity contribution in [3.05, 3.63) is 40.1 Å². The van der Waals surface area contributed by atoms with Crippen LogP contribution in [0.1, 0.15) is 47.3 Å². The summed E-state index contributed by atoms with van der Waals surface area (Å²) in [5.74, 6) is 1.38. The van der Waals surface area contributed by atoms with Crippen LogP contribution < -0.4 is 19.5 Å². The molecule has 1 aromatic heterocycles. The standard InChI is InChI=1S/C23H30N2O4S/c1-27-20-10-15(11-21(28-2)22(20)29-3)23(26)24-16-12-17-6-4-7-18(13-16)25(17)14-19-8-5-9-30-19/h5,8-11,16-18H,4,6-7,12-14H2,1-3H3,(H,24,26). The fourth-order valence-electron chi connectivity index (χ4n) is 4.92. The summed E-state index contributed by atoms with van der Waals surface area (Å²) in [6.07, 6.45) is 5.69. The number of rotatable bonds is 7. The van der Waals surface area contributed by atoms with Gasteiger partial charge in [0.05, 0.1) is 21.3 Å². The summed E-state index contributed by atoms with van der Waals surface area (Å²) < 4.78 is 16.1. The fraction of sp³-hybridized carbons (Fsp3) is 0.522. The van der Waals surface area contributed by atoms with Gasteiger partial charge in [0.15, 0.2) is 11.5 Å². The van der Waals surface area contributed by atoms with Crippen LogP contribution in [-0.2, 0) is 6.54 Å². The summed E-state index contributed by atoms with van der Waals surface area (Å²) in [4.78, 5) is 17.1. The molecule has 2 aliphatic heterocycles. The lowest BCUT2D eigenvalue weighted by atomic mass is 9.81. The number of benzene rings is 1. The Hall–Kier alpha value is -2.25. The number of nitrogens with zero attached hydrogens (tertiary/aromatic N) is 1. The van der Waals surface area contributed by atoms with Crippen LogP contribution in [0.3, 0.4) is 0 Å². The molecule has 1 N–H and O–H groups in total. The third kappa shape index (κ3) is 4.27. The van der Waals surface area contributed by atoms with Crippen LogP contribution in [0.2, 0.25) is 0 Å². The summed E-state index contributed by atoms with van der Waals surface area (Å²) in [7, 11) is 4.68. The van der Waals surface area contributed by atoms with Crippen LogP contribution in [0.5, 0.6) is 17.2 Å². The third-order valence-corrected chi connectivity index (χ3v) is 7.17. The molecule has 2 aromatic rings. The first kappa shape index (κ1) is 21.0. The van der Waals surface area contributed by atoms with Gasteiger partial charge < -0.3 is 19.5 Å². The number of carbonyl (C=O) groups excluding carboxylic acids is 1. The molecule has 7 heteroatoms. The zero-order chi connectivity index (χ0) is 21.1. The first-order valence-corrected chi connectivity index (χ1v) is 11.4. The number of ether oxygens (including phenoxy) is 3. The number of hydrogen-bond acceptors (Lipinski definition) is 6. The highest BCUT2D eigenvalue weighted by molar-refractivity contribution is 7.09. The molecule has 0 spiro atoms. The van der Waals surface area contributed by atoms with Gasteiger partial charge in [-0.3, -0.25) is 9.69 Å². The Morgan fingerprint density at radius 1 is 1.10 bits per heavy atom. The quantitative estimate of drug-likeness (QED) is 0.717. The van der Waals surface area contributed by atoms with Crippen molar-refractivity contribution in [2.24, 2.45) is 0 Å².